The van der Waals surface area contributed by atoms with Crippen molar-refractivity contribution in [3.63, 3.8) is 0 Å². The number of urea groups is 1. The Morgan fingerprint density at radius 3 is 2.33 bits per heavy atom. The van der Waals surface area contributed by atoms with Crippen LogP contribution in [0.3, 0.4) is 0 Å². The third-order valence-electron chi connectivity index (χ3n) is 1.38. The Balaban J connectivity index is 3.04. The van der Waals surface area contributed by atoms with Gasteiger partial charge in [0.25, 0.3) is 16.1 Å². The van der Waals surface area contributed by atoms with Gasteiger partial charge in [0.2, 0.25) is 0 Å². The van der Waals surface area contributed by atoms with Crippen molar-refractivity contribution in [2.75, 3.05) is 7.05 Å². The van der Waals surface area contributed by atoms with Crippen LogP contribution in [0, 0.1) is 0 Å². The average molecular weight is 211 g/mol. The molecule has 1 aliphatic heterocycles. The van der Waals surface area contributed by atoms with Crippen LogP contribution in [0.1, 0.15) is 0 Å². The van der Waals surface area contributed by atoms with E-state index in [0.717, 1.165) is 0 Å². The van der Waals surface area contributed by atoms with Crippen molar-refractivity contribution in [2.45, 2.75) is 4.33 Å². The second-order valence-corrected chi connectivity index (χ2v) is 3.53. The predicted molar refractivity (Wildman–Crippen MR) is 40.7 cm³/mol. The van der Waals surface area contributed by atoms with Gasteiger partial charge in [-0.1, -0.05) is 23.2 Å². The highest BCUT2D eigenvalue weighted by molar-refractivity contribution is 6.69. The smallest absolute Gasteiger partial charge is 0.274 e. The standard InChI is InChI=1S/C5H4Cl2N2O3/c1-9-3(11)5(6,7)2(10)8-4(9)12/h1H3,(H,8,10,12). The quantitative estimate of drug-likeness (QED) is 0.448. The highest BCUT2D eigenvalue weighted by atomic mass is 35.5. The zero-order valence-corrected chi connectivity index (χ0v) is 7.44. The van der Waals surface area contributed by atoms with Gasteiger partial charge >= 0.3 is 6.03 Å². The summed E-state index contributed by atoms with van der Waals surface area (Å²) in [5, 5.41) is 1.81. The monoisotopic (exact) mass is 210 g/mol. The van der Waals surface area contributed by atoms with Gasteiger partial charge in [0, 0.05) is 7.05 Å². The summed E-state index contributed by atoms with van der Waals surface area (Å²) in [4.78, 5) is 33.3. The van der Waals surface area contributed by atoms with E-state index in [1.807, 2.05) is 5.32 Å². The molecular weight excluding hydrogens is 207 g/mol. The predicted octanol–water partition coefficient (Wildman–Crippen LogP) is -0.132. The molecule has 1 N–H and O–H groups in total. The molecule has 0 radical (unpaired) electrons. The van der Waals surface area contributed by atoms with Crippen LogP contribution < -0.4 is 5.32 Å². The number of alkyl halides is 2. The van der Waals surface area contributed by atoms with E-state index >= 15 is 0 Å². The molecule has 5 nitrogen and oxygen atoms in total. The number of carbonyl (C=O) groups excluding carboxylic acids is 3. The molecule has 0 bridgehead atoms. The second kappa shape index (κ2) is 2.60. The van der Waals surface area contributed by atoms with Gasteiger partial charge in [0.05, 0.1) is 0 Å². The molecule has 0 aliphatic carbocycles. The number of imide groups is 2. The SMILES string of the molecule is CN1C(=O)NC(=O)C(Cl)(Cl)C1=O. The molecule has 7 heteroatoms. The Bertz CT molecular complexity index is 276. The van der Waals surface area contributed by atoms with Gasteiger partial charge in [-0.3, -0.25) is 19.8 Å². The largest absolute Gasteiger partial charge is 0.330 e. The minimum Gasteiger partial charge on any atom is -0.274 e. The normalized spacial score (nSPS) is 22.6. The summed E-state index contributed by atoms with van der Waals surface area (Å²) in [7, 11) is 1.17. The van der Waals surface area contributed by atoms with E-state index in [2.05, 4.69) is 0 Å². The lowest BCUT2D eigenvalue weighted by Gasteiger charge is -2.28. The maximum atomic E-state index is 11.0. The van der Waals surface area contributed by atoms with Crippen LogP contribution in [0.4, 0.5) is 4.79 Å². The molecule has 1 heterocycles. The Morgan fingerprint density at radius 1 is 1.33 bits per heavy atom. The third kappa shape index (κ3) is 1.15. The molecule has 66 valence electrons. The fourth-order valence-corrected chi connectivity index (χ4v) is 1.01. The number of nitrogens with one attached hydrogen (secondary N) is 1. The maximum absolute atomic E-state index is 11.0. The summed E-state index contributed by atoms with van der Waals surface area (Å²) in [6, 6.07) is -0.832. The van der Waals surface area contributed by atoms with Crippen molar-refractivity contribution in [3.05, 3.63) is 0 Å². The first-order valence-corrected chi connectivity index (χ1v) is 3.64. The van der Waals surface area contributed by atoms with Crippen LogP contribution in [0.25, 0.3) is 0 Å². The van der Waals surface area contributed by atoms with Crippen molar-refractivity contribution in [1.82, 2.24) is 10.2 Å². The van der Waals surface area contributed by atoms with E-state index in [1.54, 1.807) is 0 Å². The minimum absolute atomic E-state index is 0.640. The van der Waals surface area contributed by atoms with Crippen LogP contribution >= 0.6 is 23.2 Å². The highest BCUT2D eigenvalue weighted by Crippen LogP contribution is 2.26. The molecule has 4 amide bonds. The zero-order chi connectivity index (χ0) is 9.52. The van der Waals surface area contributed by atoms with Gasteiger partial charge in [-0.25, -0.2) is 4.79 Å². The molecule has 1 aliphatic rings. The first-order valence-electron chi connectivity index (χ1n) is 2.88. The van der Waals surface area contributed by atoms with Gasteiger partial charge in [-0.2, -0.15) is 0 Å². The van der Waals surface area contributed by atoms with E-state index in [-0.39, 0.29) is 0 Å². The summed E-state index contributed by atoms with van der Waals surface area (Å²) in [6.45, 7) is 0. The van der Waals surface area contributed by atoms with E-state index in [0.29, 0.717) is 4.90 Å². The van der Waals surface area contributed by atoms with E-state index in [9.17, 15) is 14.4 Å². The summed E-state index contributed by atoms with van der Waals surface area (Å²) in [5.41, 5.74) is 0. The van der Waals surface area contributed by atoms with Crippen LogP contribution in [0.2, 0.25) is 0 Å². The molecule has 1 rings (SSSR count). The van der Waals surface area contributed by atoms with Crippen LogP contribution in [0.5, 0.6) is 0 Å². The van der Waals surface area contributed by atoms with Crippen molar-refractivity contribution >= 4 is 41.0 Å². The number of hydrogen-bond donors (Lipinski definition) is 1. The molecule has 12 heavy (non-hydrogen) atoms. The van der Waals surface area contributed by atoms with Gasteiger partial charge in [-0.05, 0) is 0 Å². The fraction of sp³-hybridized carbons (Fsp3) is 0.400. The molecule has 1 fully saturated rings. The van der Waals surface area contributed by atoms with Gasteiger partial charge < -0.3 is 0 Å². The van der Waals surface area contributed by atoms with E-state index in [1.165, 1.54) is 7.05 Å². The van der Waals surface area contributed by atoms with Gasteiger partial charge in [0.15, 0.2) is 0 Å². The molecule has 0 atom stereocenters. The maximum Gasteiger partial charge on any atom is 0.330 e. The minimum atomic E-state index is -2.19. The van der Waals surface area contributed by atoms with Gasteiger partial charge in [-0.15, -0.1) is 0 Å². The number of barbiturate groups is 1. The molecule has 0 aromatic rings. The van der Waals surface area contributed by atoms with Crippen molar-refractivity contribution in [1.29, 1.82) is 0 Å². The Hall–Kier alpha value is -0.810. The van der Waals surface area contributed by atoms with Crippen molar-refractivity contribution in [3.8, 4) is 0 Å². The lowest BCUT2D eigenvalue weighted by molar-refractivity contribution is -0.136. The molecule has 0 aromatic heterocycles. The summed E-state index contributed by atoms with van der Waals surface area (Å²) >= 11 is 10.7. The summed E-state index contributed by atoms with van der Waals surface area (Å²) in [6.07, 6.45) is 0. The van der Waals surface area contributed by atoms with E-state index in [4.69, 9.17) is 23.2 Å². The van der Waals surface area contributed by atoms with Crippen LogP contribution in [0.15, 0.2) is 0 Å². The Morgan fingerprint density at radius 2 is 1.83 bits per heavy atom. The van der Waals surface area contributed by atoms with E-state index < -0.39 is 22.2 Å². The summed E-state index contributed by atoms with van der Waals surface area (Å²) in [5.74, 6) is -1.96. The molecule has 0 spiro atoms. The Labute approximate surface area is 77.6 Å². The first kappa shape index (κ1) is 9.28. The molecular formula is C5H4Cl2N2O3. The third-order valence-corrected chi connectivity index (χ3v) is 2.05. The second-order valence-electron chi connectivity index (χ2n) is 2.20. The number of amides is 4. The highest BCUT2D eigenvalue weighted by Gasteiger charge is 2.50. The number of rotatable bonds is 0. The van der Waals surface area contributed by atoms with Gasteiger partial charge in [0.1, 0.15) is 0 Å². The average Bonchev–Trinajstić information content (AvgIpc) is 1.99. The Kier molecular flexibility index (Phi) is 2.01. The van der Waals surface area contributed by atoms with Crippen molar-refractivity contribution in [2.24, 2.45) is 0 Å². The summed E-state index contributed by atoms with van der Waals surface area (Å²) < 4.78 is -2.19. The zero-order valence-electron chi connectivity index (χ0n) is 5.93. The first-order chi connectivity index (χ1) is 5.37. The van der Waals surface area contributed by atoms with Crippen LogP contribution in [-0.2, 0) is 9.59 Å². The molecule has 0 unspecified atom stereocenters. The lowest BCUT2D eigenvalue weighted by Crippen LogP contribution is -2.61. The molecule has 0 aromatic carbocycles. The fourth-order valence-electron chi connectivity index (χ4n) is 0.659. The molecule has 0 saturated carbocycles. The van der Waals surface area contributed by atoms with Crippen LogP contribution in [-0.4, -0.2) is 34.1 Å². The number of halogens is 2. The number of nitrogens with zero attached hydrogens (tertiary/aromatic N) is 1. The number of hydrogen-bond acceptors (Lipinski definition) is 3. The number of carbonyl (C=O) groups is 3. The molecule has 1 saturated heterocycles. The van der Waals surface area contributed by atoms with Crippen molar-refractivity contribution < 1.29 is 14.4 Å². The topological polar surface area (TPSA) is 66.5 Å². The lowest BCUT2D eigenvalue weighted by atomic mass is 10.3.